The quantitative estimate of drug-likeness (QED) is 0.865. The van der Waals surface area contributed by atoms with Gasteiger partial charge in [-0.1, -0.05) is 0 Å². The van der Waals surface area contributed by atoms with E-state index in [0.29, 0.717) is 19.8 Å². The van der Waals surface area contributed by atoms with E-state index in [0.717, 1.165) is 24.9 Å². The van der Waals surface area contributed by atoms with Gasteiger partial charge in [0.2, 0.25) is 0 Å². The minimum absolute atomic E-state index is 0.519. The van der Waals surface area contributed by atoms with Crippen molar-refractivity contribution in [2.45, 2.75) is 44.9 Å². The Hall–Kier alpha value is -0.910. The fraction of sp³-hybridized carbons (Fsp3) is 0.769. The molecular formula is C13H22N2O3. The number of rotatable bonds is 5. The lowest BCUT2D eigenvalue weighted by atomic mass is 9.85. The maximum Gasteiger partial charge on any atom is 0.111 e. The summed E-state index contributed by atoms with van der Waals surface area (Å²) in [5.41, 5.74) is 0.307. The molecule has 0 spiro atoms. The van der Waals surface area contributed by atoms with Gasteiger partial charge < -0.3 is 14.6 Å². The molecule has 5 nitrogen and oxygen atoms in total. The average Bonchev–Trinajstić information content (AvgIpc) is 2.88. The minimum atomic E-state index is -0.637. The highest BCUT2D eigenvalue weighted by molar-refractivity contribution is 5.14. The predicted molar refractivity (Wildman–Crippen MR) is 67.3 cm³/mol. The number of aromatic nitrogens is 2. The average molecular weight is 254 g/mol. The van der Waals surface area contributed by atoms with E-state index in [1.165, 1.54) is 0 Å². The summed E-state index contributed by atoms with van der Waals surface area (Å²) in [5.74, 6) is 0. The molecule has 1 N–H and O–H groups in total. The van der Waals surface area contributed by atoms with E-state index in [4.69, 9.17) is 9.47 Å². The number of nitrogens with zero attached hydrogens (tertiary/aromatic N) is 2. The minimum Gasteiger partial charge on any atom is -0.385 e. The lowest BCUT2D eigenvalue weighted by Crippen LogP contribution is -2.44. The standard InChI is InChI=1S/C13H22N2O3/c1-3-15-10-11(9-14-15)12(16)13(18-4-2)5-7-17-8-6-13/h9-10,12,16H,3-8H2,1-2H3. The van der Waals surface area contributed by atoms with Crippen LogP contribution in [0.2, 0.25) is 0 Å². The van der Waals surface area contributed by atoms with Crippen molar-refractivity contribution in [2.24, 2.45) is 0 Å². The van der Waals surface area contributed by atoms with Gasteiger partial charge in [0.1, 0.15) is 11.7 Å². The molecule has 0 amide bonds. The van der Waals surface area contributed by atoms with E-state index in [1.807, 2.05) is 24.7 Å². The summed E-state index contributed by atoms with van der Waals surface area (Å²) in [6.45, 7) is 6.66. The second kappa shape index (κ2) is 5.82. The van der Waals surface area contributed by atoms with Crippen LogP contribution < -0.4 is 0 Å². The Bertz CT molecular complexity index is 367. The van der Waals surface area contributed by atoms with Gasteiger partial charge in [-0.2, -0.15) is 5.10 Å². The first kappa shape index (κ1) is 13.5. The Balaban J connectivity index is 2.18. The lowest BCUT2D eigenvalue weighted by molar-refractivity contribution is -0.168. The van der Waals surface area contributed by atoms with Gasteiger partial charge in [0.05, 0.1) is 6.20 Å². The van der Waals surface area contributed by atoms with Crippen molar-refractivity contribution in [1.29, 1.82) is 0 Å². The van der Waals surface area contributed by atoms with Gasteiger partial charge in [-0.15, -0.1) is 0 Å². The molecule has 1 aromatic rings. The summed E-state index contributed by atoms with van der Waals surface area (Å²) in [5, 5.41) is 14.8. The lowest BCUT2D eigenvalue weighted by Gasteiger charge is -2.40. The van der Waals surface area contributed by atoms with Gasteiger partial charge in [-0.3, -0.25) is 4.68 Å². The molecule has 5 heteroatoms. The van der Waals surface area contributed by atoms with E-state index in [9.17, 15) is 5.11 Å². The van der Waals surface area contributed by atoms with Crippen LogP contribution in [0.25, 0.3) is 0 Å². The summed E-state index contributed by atoms with van der Waals surface area (Å²) in [7, 11) is 0. The van der Waals surface area contributed by atoms with Gasteiger partial charge in [0, 0.05) is 51.0 Å². The first-order valence-corrected chi connectivity index (χ1v) is 6.64. The molecule has 102 valence electrons. The molecule has 0 aliphatic carbocycles. The van der Waals surface area contributed by atoms with E-state index >= 15 is 0 Å². The molecule has 0 aromatic carbocycles. The highest BCUT2D eigenvalue weighted by atomic mass is 16.5. The topological polar surface area (TPSA) is 56.5 Å². The molecule has 2 heterocycles. The highest BCUT2D eigenvalue weighted by Gasteiger charge is 2.41. The summed E-state index contributed by atoms with van der Waals surface area (Å²) in [6, 6.07) is 0. The van der Waals surface area contributed by atoms with Crippen molar-refractivity contribution >= 4 is 0 Å². The van der Waals surface area contributed by atoms with Crippen molar-refractivity contribution in [3.8, 4) is 0 Å². The van der Waals surface area contributed by atoms with Gasteiger partial charge in [0.25, 0.3) is 0 Å². The Kier molecular flexibility index (Phi) is 4.37. The summed E-state index contributed by atoms with van der Waals surface area (Å²) in [4.78, 5) is 0. The van der Waals surface area contributed by atoms with Crippen LogP contribution in [0.15, 0.2) is 12.4 Å². The Morgan fingerprint density at radius 2 is 2.22 bits per heavy atom. The molecule has 1 unspecified atom stereocenters. The fourth-order valence-electron chi connectivity index (χ4n) is 2.50. The number of aryl methyl sites for hydroxylation is 1. The van der Waals surface area contributed by atoms with E-state index < -0.39 is 11.7 Å². The molecule has 1 atom stereocenters. The molecule has 0 bridgehead atoms. The Morgan fingerprint density at radius 1 is 1.50 bits per heavy atom. The van der Waals surface area contributed by atoms with Gasteiger partial charge in [-0.05, 0) is 13.8 Å². The van der Waals surface area contributed by atoms with Crippen LogP contribution in [0.3, 0.4) is 0 Å². The second-order valence-electron chi connectivity index (χ2n) is 4.64. The fourth-order valence-corrected chi connectivity index (χ4v) is 2.50. The third-order valence-corrected chi connectivity index (χ3v) is 3.56. The zero-order valence-electron chi connectivity index (χ0n) is 11.1. The largest absolute Gasteiger partial charge is 0.385 e. The summed E-state index contributed by atoms with van der Waals surface area (Å²) < 4.78 is 13.1. The molecule has 0 saturated carbocycles. The smallest absolute Gasteiger partial charge is 0.111 e. The third kappa shape index (κ3) is 2.58. The van der Waals surface area contributed by atoms with Crippen LogP contribution in [0.5, 0.6) is 0 Å². The number of hydrogen-bond acceptors (Lipinski definition) is 4. The summed E-state index contributed by atoms with van der Waals surface area (Å²) >= 11 is 0. The Morgan fingerprint density at radius 3 is 2.78 bits per heavy atom. The van der Waals surface area contributed by atoms with E-state index in [-0.39, 0.29) is 0 Å². The van der Waals surface area contributed by atoms with Crippen molar-refractivity contribution in [3.63, 3.8) is 0 Å². The molecular weight excluding hydrogens is 232 g/mol. The monoisotopic (exact) mass is 254 g/mol. The zero-order chi connectivity index (χ0) is 13.0. The molecule has 0 radical (unpaired) electrons. The number of ether oxygens (including phenoxy) is 2. The predicted octanol–water partition coefficient (Wildman–Crippen LogP) is 1.52. The van der Waals surface area contributed by atoms with Gasteiger partial charge in [-0.25, -0.2) is 0 Å². The molecule has 1 aliphatic rings. The summed E-state index contributed by atoms with van der Waals surface area (Å²) in [6.07, 6.45) is 4.42. The molecule has 18 heavy (non-hydrogen) atoms. The number of hydrogen-bond donors (Lipinski definition) is 1. The van der Waals surface area contributed by atoms with Crippen LogP contribution in [-0.4, -0.2) is 40.3 Å². The first-order chi connectivity index (χ1) is 8.72. The van der Waals surface area contributed by atoms with Crippen LogP contribution in [0.1, 0.15) is 38.4 Å². The van der Waals surface area contributed by atoms with Crippen molar-refractivity contribution in [3.05, 3.63) is 18.0 Å². The van der Waals surface area contributed by atoms with Crippen molar-refractivity contribution < 1.29 is 14.6 Å². The maximum absolute atomic E-state index is 10.6. The molecule has 1 fully saturated rings. The molecule has 1 aliphatic heterocycles. The van der Waals surface area contributed by atoms with Crippen LogP contribution in [0.4, 0.5) is 0 Å². The van der Waals surface area contributed by atoms with Crippen LogP contribution >= 0.6 is 0 Å². The Labute approximate surface area is 108 Å². The molecule has 1 saturated heterocycles. The van der Waals surface area contributed by atoms with Gasteiger partial charge >= 0.3 is 0 Å². The van der Waals surface area contributed by atoms with E-state index in [2.05, 4.69) is 5.10 Å². The second-order valence-corrected chi connectivity index (χ2v) is 4.64. The normalized spacial score (nSPS) is 20.8. The van der Waals surface area contributed by atoms with E-state index in [1.54, 1.807) is 6.20 Å². The van der Waals surface area contributed by atoms with Crippen LogP contribution in [0, 0.1) is 0 Å². The maximum atomic E-state index is 10.6. The first-order valence-electron chi connectivity index (χ1n) is 6.64. The van der Waals surface area contributed by atoms with Gasteiger partial charge in [0.15, 0.2) is 0 Å². The SMILES string of the molecule is CCOC1(C(O)c2cnn(CC)c2)CCOCC1. The highest BCUT2D eigenvalue weighted by Crippen LogP contribution is 2.37. The van der Waals surface area contributed by atoms with Crippen molar-refractivity contribution in [2.75, 3.05) is 19.8 Å². The van der Waals surface area contributed by atoms with Crippen LogP contribution in [-0.2, 0) is 16.0 Å². The number of aliphatic hydroxyl groups excluding tert-OH is 1. The third-order valence-electron chi connectivity index (χ3n) is 3.56. The molecule has 2 rings (SSSR count). The van der Waals surface area contributed by atoms with Crippen molar-refractivity contribution in [1.82, 2.24) is 9.78 Å². The molecule has 1 aromatic heterocycles. The number of aliphatic hydroxyl groups is 1. The zero-order valence-corrected chi connectivity index (χ0v) is 11.1.